The Hall–Kier alpha value is -1.93. The van der Waals surface area contributed by atoms with Gasteiger partial charge in [0.05, 0.1) is 18.5 Å². The maximum Gasteiger partial charge on any atom is 0.227 e. The molecule has 3 saturated carbocycles. The number of rotatable bonds is 6. The predicted molar refractivity (Wildman–Crippen MR) is 119 cm³/mol. The molecule has 0 bridgehead atoms. The highest BCUT2D eigenvalue weighted by Crippen LogP contribution is 2.36. The molecule has 8 heteroatoms. The Bertz CT molecular complexity index is 862. The molecule has 3 fully saturated rings. The molecule has 164 valence electrons. The summed E-state index contributed by atoms with van der Waals surface area (Å²) in [5.74, 6) is 1.42. The molecule has 0 unspecified atom stereocenters. The number of hydrogen-bond acceptors (Lipinski definition) is 7. The van der Waals surface area contributed by atoms with E-state index in [1.807, 2.05) is 6.33 Å². The third-order valence-corrected chi connectivity index (χ3v) is 7.49. The van der Waals surface area contributed by atoms with Gasteiger partial charge in [-0.25, -0.2) is 4.98 Å². The van der Waals surface area contributed by atoms with Gasteiger partial charge in [0.2, 0.25) is 5.95 Å². The van der Waals surface area contributed by atoms with Crippen LogP contribution in [0.3, 0.4) is 0 Å². The fourth-order valence-corrected chi connectivity index (χ4v) is 5.59. The molecule has 0 amide bonds. The van der Waals surface area contributed by atoms with E-state index >= 15 is 0 Å². The lowest BCUT2D eigenvalue weighted by molar-refractivity contribution is 0.214. The van der Waals surface area contributed by atoms with Crippen LogP contribution < -0.4 is 16.4 Å². The summed E-state index contributed by atoms with van der Waals surface area (Å²) in [4.78, 5) is 14.5. The summed E-state index contributed by atoms with van der Waals surface area (Å²) in [7, 11) is 0. The summed E-state index contributed by atoms with van der Waals surface area (Å²) in [6.07, 6.45) is 15.2. The highest BCUT2D eigenvalue weighted by molar-refractivity contribution is 5.85. The van der Waals surface area contributed by atoms with Gasteiger partial charge in [-0.2, -0.15) is 9.97 Å². The van der Waals surface area contributed by atoms with Crippen molar-refractivity contribution in [1.29, 1.82) is 0 Å². The second-order valence-electron chi connectivity index (χ2n) is 9.68. The maximum absolute atomic E-state index is 10.1. The van der Waals surface area contributed by atoms with Crippen LogP contribution in [0.2, 0.25) is 0 Å². The average molecular weight is 414 g/mol. The van der Waals surface area contributed by atoms with Crippen LogP contribution in [-0.2, 0) is 0 Å². The van der Waals surface area contributed by atoms with Gasteiger partial charge in [0, 0.05) is 18.1 Å². The predicted octanol–water partition coefficient (Wildman–Crippen LogP) is 3.34. The molecule has 8 nitrogen and oxygen atoms in total. The molecule has 0 saturated heterocycles. The average Bonchev–Trinajstić information content (AvgIpc) is 3.50. The quantitative estimate of drug-likeness (QED) is 0.574. The number of nitrogens with zero attached hydrogens (tertiary/aromatic N) is 4. The molecule has 0 spiro atoms. The lowest BCUT2D eigenvalue weighted by Gasteiger charge is -2.29. The molecule has 0 atom stereocenters. The largest absolute Gasteiger partial charge is 0.394 e. The van der Waals surface area contributed by atoms with Crippen LogP contribution in [0.1, 0.15) is 83.1 Å². The monoisotopic (exact) mass is 413 g/mol. The van der Waals surface area contributed by atoms with Crippen molar-refractivity contribution in [3.8, 4) is 0 Å². The molecule has 3 aliphatic carbocycles. The van der Waals surface area contributed by atoms with Crippen molar-refractivity contribution in [2.45, 2.75) is 101 Å². The van der Waals surface area contributed by atoms with Crippen LogP contribution in [0.25, 0.3) is 11.2 Å². The van der Waals surface area contributed by atoms with E-state index in [1.165, 1.54) is 25.7 Å². The van der Waals surface area contributed by atoms with Gasteiger partial charge in [-0.05, 0) is 51.4 Å². The minimum Gasteiger partial charge on any atom is -0.394 e. The fourth-order valence-electron chi connectivity index (χ4n) is 5.59. The Balaban J connectivity index is 1.50. The van der Waals surface area contributed by atoms with Gasteiger partial charge in [0.15, 0.2) is 17.0 Å². The second-order valence-corrected chi connectivity index (χ2v) is 9.68. The van der Waals surface area contributed by atoms with Gasteiger partial charge in [-0.15, -0.1) is 0 Å². The van der Waals surface area contributed by atoms with Crippen molar-refractivity contribution in [2.75, 3.05) is 17.2 Å². The van der Waals surface area contributed by atoms with E-state index in [-0.39, 0.29) is 12.1 Å². The van der Waals surface area contributed by atoms with Crippen LogP contribution in [0.5, 0.6) is 0 Å². The van der Waals surface area contributed by atoms with Crippen LogP contribution in [0.4, 0.5) is 11.8 Å². The van der Waals surface area contributed by atoms with Crippen molar-refractivity contribution in [1.82, 2.24) is 19.5 Å². The summed E-state index contributed by atoms with van der Waals surface area (Å²) < 4.78 is 2.25. The number of aliphatic hydroxyl groups is 1. The molecular formula is C22H35N7O. The zero-order valence-electron chi connectivity index (χ0n) is 17.8. The molecule has 2 aromatic rings. The first-order valence-electron chi connectivity index (χ1n) is 11.8. The number of hydrogen-bond donors (Lipinski definition) is 4. The Labute approximate surface area is 178 Å². The number of aliphatic hydroxyl groups excluding tert-OH is 1. The number of fused-ring (bicyclic) bond motifs is 1. The maximum atomic E-state index is 10.1. The lowest BCUT2D eigenvalue weighted by Crippen LogP contribution is -2.39. The Kier molecular flexibility index (Phi) is 5.54. The lowest BCUT2D eigenvalue weighted by atomic mass is 9.92. The van der Waals surface area contributed by atoms with E-state index in [1.54, 1.807) is 0 Å². The first-order valence-corrected chi connectivity index (χ1v) is 11.8. The van der Waals surface area contributed by atoms with E-state index in [9.17, 15) is 5.11 Å². The first kappa shape index (κ1) is 20.0. The third kappa shape index (κ3) is 3.87. The van der Waals surface area contributed by atoms with Crippen LogP contribution in [0, 0.1) is 0 Å². The van der Waals surface area contributed by atoms with Gasteiger partial charge in [-0.1, -0.05) is 25.7 Å². The minimum absolute atomic E-state index is 0.116. The van der Waals surface area contributed by atoms with Gasteiger partial charge in [-0.3, -0.25) is 0 Å². The van der Waals surface area contributed by atoms with Gasteiger partial charge >= 0.3 is 0 Å². The Morgan fingerprint density at radius 1 is 1.03 bits per heavy atom. The molecule has 2 heterocycles. The van der Waals surface area contributed by atoms with Crippen molar-refractivity contribution >= 4 is 22.9 Å². The Morgan fingerprint density at radius 2 is 1.77 bits per heavy atom. The molecule has 3 aliphatic rings. The van der Waals surface area contributed by atoms with Crippen molar-refractivity contribution in [3.63, 3.8) is 0 Å². The van der Waals surface area contributed by atoms with E-state index < -0.39 is 0 Å². The SMILES string of the molecule is N[C@H]1CC[C@H](Nc2nc(NC3(CO)CCCC3)c3ncn(C4CCCC4)c3n2)CC1. The van der Waals surface area contributed by atoms with E-state index in [0.29, 0.717) is 24.1 Å². The van der Waals surface area contributed by atoms with Crippen LogP contribution in [0.15, 0.2) is 6.33 Å². The number of nitrogens with two attached hydrogens (primary N) is 1. The fraction of sp³-hybridized carbons (Fsp3) is 0.773. The highest BCUT2D eigenvalue weighted by atomic mass is 16.3. The third-order valence-electron chi connectivity index (χ3n) is 7.49. The zero-order valence-corrected chi connectivity index (χ0v) is 17.8. The first-order chi connectivity index (χ1) is 14.7. The summed E-state index contributed by atoms with van der Waals surface area (Å²) in [5, 5.41) is 17.3. The normalized spacial score (nSPS) is 27.0. The van der Waals surface area contributed by atoms with Crippen molar-refractivity contribution in [3.05, 3.63) is 6.33 Å². The summed E-state index contributed by atoms with van der Waals surface area (Å²) in [5.41, 5.74) is 7.50. The molecule has 0 aliphatic heterocycles. The van der Waals surface area contributed by atoms with Crippen LogP contribution >= 0.6 is 0 Å². The molecule has 2 aromatic heterocycles. The molecule has 0 radical (unpaired) electrons. The number of nitrogens with one attached hydrogen (secondary N) is 2. The topological polar surface area (TPSA) is 114 Å². The van der Waals surface area contributed by atoms with Crippen molar-refractivity contribution in [2.24, 2.45) is 5.73 Å². The standard InChI is InChI=1S/C22H35N7O/c23-15-7-9-16(10-8-15)25-21-26-19(28-22(13-30)11-3-4-12-22)18-20(27-21)29(14-24-18)17-5-1-2-6-17/h14-17,30H,1-13,23H2,(H2,25,26,27,28)/t15-,16-. The summed E-state index contributed by atoms with van der Waals surface area (Å²) in [6.45, 7) is 0.116. The van der Waals surface area contributed by atoms with Crippen molar-refractivity contribution < 1.29 is 5.11 Å². The van der Waals surface area contributed by atoms with Gasteiger partial charge in [0.1, 0.15) is 0 Å². The summed E-state index contributed by atoms with van der Waals surface area (Å²) in [6, 6.07) is 1.15. The molecule has 0 aromatic carbocycles. The zero-order chi connectivity index (χ0) is 20.6. The summed E-state index contributed by atoms with van der Waals surface area (Å²) >= 11 is 0. The van der Waals surface area contributed by atoms with Crippen LogP contribution in [-0.4, -0.2) is 48.9 Å². The number of anilines is 2. The van der Waals surface area contributed by atoms with E-state index in [4.69, 9.17) is 20.7 Å². The highest BCUT2D eigenvalue weighted by Gasteiger charge is 2.35. The number of imidazole rings is 1. The van der Waals surface area contributed by atoms with Gasteiger partial charge < -0.3 is 26.0 Å². The Morgan fingerprint density at radius 3 is 2.47 bits per heavy atom. The molecule has 5 N–H and O–H groups in total. The smallest absolute Gasteiger partial charge is 0.227 e. The molecular weight excluding hydrogens is 378 g/mol. The second kappa shape index (κ2) is 8.30. The minimum atomic E-state index is -0.298. The molecule has 5 rings (SSSR count). The van der Waals surface area contributed by atoms with Gasteiger partial charge in [0.25, 0.3) is 0 Å². The molecule has 30 heavy (non-hydrogen) atoms. The number of aromatic nitrogens is 4. The van der Waals surface area contributed by atoms with E-state index in [2.05, 4.69) is 15.2 Å². The van der Waals surface area contributed by atoms with E-state index in [0.717, 1.165) is 68.3 Å².